The highest BCUT2D eigenvalue weighted by Gasteiger charge is 2.28. The molecule has 98 valence electrons. The van der Waals surface area contributed by atoms with Gasteiger partial charge in [-0.05, 0) is 38.6 Å². The molecule has 2 saturated heterocycles. The van der Waals surface area contributed by atoms with Gasteiger partial charge >= 0.3 is 6.03 Å². The van der Waals surface area contributed by atoms with E-state index in [0.717, 1.165) is 39.0 Å². The summed E-state index contributed by atoms with van der Waals surface area (Å²) in [7, 11) is 1.99. The normalized spacial score (nSPS) is 30.5. The lowest BCUT2D eigenvalue weighted by atomic mass is 10.0. The SMILES string of the molecule is CNC1CCCN(C(=O)N2CCCC(C)C2)C1. The number of hydrogen-bond donors (Lipinski definition) is 1. The molecule has 2 heterocycles. The van der Waals surface area contributed by atoms with Crippen molar-refractivity contribution in [1.29, 1.82) is 0 Å². The third-order valence-corrected chi connectivity index (χ3v) is 4.03. The zero-order valence-corrected chi connectivity index (χ0v) is 11.1. The van der Waals surface area contributed by atoms with Gasteiger partial charge in [-0.2, -0.15) is 0 Å². The van der Waals surface area contributed by atoms with Gasteiger partial charge in [0.25, 0.3) is 0 Å². The van der Waals surface area contributed by atoms with Crippen molar-refractivity contribution in [2.24, 2.45) is 5.92 Å². The summed E-state index contributed by atoms with van der Waals surface area (Å²) >= 11 is 0. The molecule has 2 atom stereocenters. The van der Waals surface area contributed by atoms with E-state index >= 15 is 0 Å². The van der Waals surface area contributed by atoms with Crippen LogP contribution >= 0.6 is 0 Å². The van der Waals surface area contributed by atoms with Gasteiger partial charge < -0.3 is 15.1 Å². The first kappa shape index (κ1) is 12.7. The Kier molecular flexibility index (Phi) is 4.26. The zero-order chi connectivity index (χ0) is 12.3. The minimum atomic E-state index is 0.261. The van der Waals surface area contributed by atoms with Crippen molar-refractivity contribution in [3.8, 4) is 0 Å². The van der Waals surface area contributed by atoms with E-state index in [-0.39, 0.29) is 6.03 Å². The van der Waals surface area contributed by atoms with Gasteiger partial charge in [0, 0.05) is 32.2 Å². The number of rotatable bonds is 1. The van der Waals surface area contributed by atoms with Crippen molar-refractivity contribution in [3.05, 3.63) is 0 Å². The average Bonchev–Trinajstić information content (AvgIpc) is 2.38. The van der Waals surface area contributed by atoms with Gasteiger partial charge in [0.05, 0.1) is 0 Å². The van der Waals surface area contributed by atoms with Gasteiger partial charge in [0.1, 0.15) is 0 Å². The molecule has 2 aliphatic heterocycles. The Hall–Kier alpha value is -0.770. The Morgan fingerprint density at radius 3 is 2.41 bits per heavy atom. The first-order valence-corrected chi connectivity index (χ1v) is 6.92. The van der Waals surface area contributed by atoms with E-state index in [9.17, 15) is 4.79 Å². The molecule has 0 radical (unpaired) electrons. The van der Waals surface area contributed by atoms with E-state index in [0.29, 0.717) is 12.0 Å². The summed E-state index contributed by atoms with van der Waals surface area (Å²) in [5.41, 5.74) is 0. The molecule has 17 heavy (non-hydrogen) atoms. The molecule has 2 aliphatic rings. The van der Waals surface area contributed by atoms with Gasteiger partial charge in [0.2, 0.25) is 0 Å². The third kappa shape index (κ3) is 3.12. The fourth-order valence-electron chi connectivity index (χ4n) is 2.95. The summed E-state index contributed by atoms with van der Waals surface area (Å²) < 4.78 is 0. The van der Waals surface area contributed by atoms with Crippen LogP contribution in [0.5, 0.6) is 0 Å². The Labute approximate surface area is 104 Å². The molecule has 2 unspecified atom stereocenters. The summed E-state index contributed by atoms with van der Waals surface area (Å²) in [6.07, 6.45) is 4.75. The van der Waals surface area contributed by atoms with Crippen LogP contribution in [0.2, 0.25) is 0 Å². The number of urea groups is 1. The Morgan fingerprint density at radius 1 is 1.12 bits per heavy atom. The average molecular weight is 239 g/mol. The molecule has 4 heteroatoms. The van der Waals surface area contributed by atoms with Gasteiger partial charge in [0.15, 0.2) is 0 Å². The second-order valence-electron chi connectivity index (χ2n) is 5.55. The molecule has 0 bridgehead atoms. The van der Waals surface area contributed by atoms with E-state index in [2.05, 4.69) is 12.2 Å². The van der Waals surface area contributed by atoms with Crippen LogP contribution in [0.3, 0.4) is 0 Å². The summed E-state index contributed by atoms with van der Waals surface area (Å²) in [5.74, 6) is 0.664. The fourth-order valence-corrected chi connectivity index (χ4v) is 2.95. The molecule has 4 nitrogen and oxygen atoms in total. The van der Waals surface area contributed by atoms with Crippen molar-refractivity contribution in [3.63, 3.8) is 0 Å². The van der Waals surface area contributed by atoms with Crippen LogP contribution < -0.4 is 5.32 Å². The molecule has 1 N–H and O–H groups in total. The van der Waals surface area contributed by atoms with Crippen LogP contribution in [-0.2, 0) is 0 Å². The van der Waals surface area contributed by atoms with E-state index in [4.69, 9.17) is 0 Å². The largest absolute Gasteiger partial charge is 0.324 e. The molecule has 0 spiro atoms. The van der Waals surface area contributed by atoms with Crippen LogP contribution in [0.1, 0.15) is 32.6 Å². The minimum Gasteiger partial charge on any atom is -0.324 e. The third-order valence-electron chi connectivity index (χ3n) is 4.03. The van der Waals surface area contributed by atoms with Crippen LogP contribution in [0.4, 0.5) is 4.79 Å². The summed E-state index contributed by atoms with van der Waals surface area (Å²) in [6, 6.07) is 0.742. The van der Waals surface area contributed by atoms with Crippen molar-refractivity contribution in [2.75, 3.05) is 33.2 Å². The topological polar surface area (TPSA) is 35.6 Å². The number of hydrogen-bond acceptors (Lipinski definition) is 2. The summed E-state index contributed by atoms with van der Waals surface area (Å²) in [4.78, 5) is 16.5. The van der Waals surface area contributed by atoms with E-state index in [1.807, 2.05) is 16.8 Å². The second kappa shape index (κ2) is 5.71. The fraction of sp³-hybridized carbons (Fsp3) is 0.923. The molecular weight excluding hydrogens is 214 g/mol. The molecule has 0 aliphatic carbocycles. The Balaban J connectivity index is 1.89. The maximum absolute atomic E-state index is 12.4. The van der Waals surface area contributed by atoms with E-state index < -0.39 is 0 Å². The molecule has 0 aromatic carbocycles. The van der Waals surface area contributed by atoms with Crippen LogP contribution in [-0.4, -0.2) is 55.1 Å². The maximum atomic E-state index is 12.4. The number of piperidine rings is 2. The molecule has 0 saturated carbocycles. The standard InChI is InChI=1S/C13H25N3O/c1-11-5-3-7-15(9-11)13(17)16-8-4-6-12(10-16)14-2/h11-12,14H,3-10H2,1-2H3. The van der Waals surface area contributed by atoms with E-state index in [1.54, 1.807) is 0 Å². The van der Waals surface area contributed by atoms with E-state index in [1.165, 1.54) is 12.8 Å². The lowest BCUT2D eigenvalue weighted by molar-refractivity contribution is 0.117. The smallest absolute Gasteiger partial charge is 0.320 e. The number of nitrogens with zero attached hydrogens (tertiary/aromatic N) is 2. The van der Waals surface area contributed by atoms with Gasteiger partial charge in [-0.15, -0.1) is 0 Å². The van der Waals surface area contributed by atoms with Crippen LogP contribution in [0.25, 0.3) is 0 Å². The van der Waals surface area contributed by atoms with Crippen molar-refractivity contribution < 1.29 is 4.79 Å². The highest BCUT2D eigenvalue weighted by atomic mass is 16.2. The van der Waals surface area contributed by atoms with Gasteiger partial charge in [-0.3, -0.25) is 0 Å². The maximum Gasteiger partial charge on any atom is 0.320 e. The molecule has 0 aromatic rings. The summed E-state index contributed by atoms with van der Waals surface area (Å²) in [6.45, 7) is 5.94. The number of amides is 2. The van der Waals surface area contributed by atoms with Crippen molar-refractivity contribution in [2.45, 2.75) is 38.6 Å². The summed E-state index contributed by atoms with van der Waals surface area (Å²) in [5, 5.41) is 3.29. The minimum absolute atomic E-state index is 0.261. The Bertz CT molecular complexity index is 269. The number of likely N-dealkylation sites (N-methyl/N-ethyl adjacent to an activating group) is 1. The molecule has 2 fully saturated rings. The number of carbonyl (C=O) groups excluding carboxylic acids is 1. The highest BCUT2D eigenvalue weighted by Crippen LogP contribution is 2.19. The molecule has 2 amide bonds. The molecule has 0 aromatic heterocycles. The monoisotopic (exact) mass is 239 g/mol. The van der Waals surface area contributed by atoms with Crippen LogP contribution in [0, 0.1) is 5.92 Å². The molecule has 2 rings (SSSR count). The first-order chi connectivity index (χ1) is 8.20. The predicted octanol–water partition coefficient (Wildman–Crippen LogP) is 1.52. The predicted molar refractivity (Wildman–Crippen MR) is 69.0 cm³/mol. The number of likely N-dealkylation sites (tertiary alicyclic amines) is 2. The van der Waals surface area contributed by atoms with Crippen LogP contribution in [0.15, 0.2) is 0 Å². The molecular formula is C13H25N3O. The number of nitrogens with one attached hydrogen (secondary N) is 1. The first-order valence-electron chi connectivity index (χ1n) is 6.92. The quantitative estimate of drug-likeness (QED) is 0.753. The van der Waals surface area contributed by atoms with Gasteiger partial charge in [-0.25, -0.2) is 4.79 Å². The second-order valence-corrected chi connectivity index (χ2v) is 5.55. The number of carbonyl (C=O) groups is 1. The van der Waals surface area contributed by atoms with Crippen molar-refractivity contribution >= 4 is 6.03 Å². The van der Waals surface area contributed by atoms with Gasteiger partial charge in [-0.1, -0.05) is 6.92 Å². The Morgan fingerprint density at radius 2 is 1.76 bits per heavy atom. The lowest BCUT2D eigenvalue weighted by Gasteiger charge is -2.39. The zero-order valence-electron chi connectivity index (χ0n) is 11.1. The highest BCUT2D eigenvalue weighted by molar-refractivity contribution is 5.74. The van der Waals surface area contributed by atoms with Crippen molar-refractivity contribution in [1.82, 2.24) is 15.1 Å². The lowest BCUT2D eigenvalue weighted by Crippen LogP contribution is -2.53.